The minimum absolute atomic E-state index is 0.191. The Morgan fingerprint density at radius 3 is 2.56 bits per heavy atom. The number of nitrogens with two attached hydrogens (primary N) is 1. The third-order valence-corrected chi connectivity index (χ3v) is 2.71. The Morgan fingerprint density at radius 1 is 1.44 bits per heavy atom. The van der Waals surface area contributed by atoms with Gasteiger partial charge in [0.15, 0.2) is 0 Å². The van der Waals surface area contributed by atoms with Crippen molar-refractivity contribution in [2.45, 2.75) is 19.9 Å². The van der Waals surface area contributed by atoms with Crippen LogP contribution in [-0.2, 0) is 9.36 Å². The van der Waals surface area contributed by atoms with E-state index >= 15 is 0 Å². The molecule has 84 valence electrons. The Labute approximate surface area is 94.6 Å². The van der Waals surface area contributed by atoms with Crippen LogP contribution in [0.1, 0.15) is 28.3 Å². The number of carbonyl (C=O) groups is 1. The molecule has 0 aromatic heterocycles. The molecule has 16 heavy (non-hydrogen) atoms. The maximum absolute atomic E-state index is 10.8. The zero-order chi connectivity index (χ0) is 12.3. The summed E-state index contributed by atoms with van der Waals surface area (Å²) in [6.07, 6.45) is 0. The summed E-state index contributed by atoms with van der Waals surface area (Å²) in [5.41, 5.74) is 11.0. The van der Waals surface area contributed by atoms with Crippen molar-refractivity contribution < 1.29 is 14.5 Å². The van der Waals surface area contributed by atoms with Gasteiger partial charge in [0.2, 0.25) is 0 Å². The van der Waals surface area contributed by atoms with Crippen molar-refractivity contribution in [2.24, 2.45) is 5.73 Å². The van der Waals surface area contributed by atoms with E-state index in [-0.39, 0.29) is 7.92 Å². The first-order chi connectivity index (χ1) is 7.47. The molecule has 1 rings (SSSR count). The van der Waals surface area contributed by atoms with Crippen LogP contribution in [0, 0.1) is 19.5 Å². The standard InChI is InChI=1S/C11H12NO3P/c1-6-4-9(10(12)11(13)14)7(2)3-8(6)5-16-15/h3-4,10H,12H2,1-2H3,(H,13,14). The van der Waals surface area contributed by atoms with Crippen LogP contribution in [0.5, 0.6) is 0 Å². The number of carboxylic acids is 1. The Hall–Kier alpha value is -1.34. The van der Waals surface area contributed by atoms with Gasteiger partial charge < -0.3 is 0 Å². The molecule has 5 heteroatoms. The van der Waals surface area contributed by atoms with Gasteiger partial charge in [-0.2, -0.15) is 0 Å². The summed E-state index contributed by atoms with van der Waals surface area (Å²) in [6.45, 7) is 3.56. The van der Waals surface area contributed by atoms with Gasteiger partial charge in [-0.25, -0.2) is 0 Å². The number of rotatable bonds is 2. The molecule has 1 unspecified atom stereocenters. The molecule has 0 bridgehead atoms. The van der Waals surface area contributed by atoms with E-state index in [2.05, 4.69) is 5.63 Å². The molecule has 0 heterocycles. The van der Waals surface area contributed by atoms with Gasteiger partial charge in [-0.15, -0.1) is 0 Å². The molecule has 0 aliphatic heterocycles. The van der Waals surface area contributed by atoms with Crippen molar-refractivity contribution in [3.05, 3.63) is 34.4 Å². The molecule has 0 fully saturated rings. The summed E-state index contributed by atoms with van der Waals surface area (Å²) in [7, 11) is -0.191. The normalized spacial score (nSPS) is 11.7. The van der Waals surface area contributed by atoms with E-state index in [0.29, 0.717) is 11.1 Å². The topological polar surface area (TPSA) is 80.4 Å². The van der Waals surface area contributed by atoms with Crippen molar-refractivity contribution >= 4 is 13.9 Å². The summed E-state index contributed by atoms with van der Waals surface area (Å²) in [5.74, 6) is -1.06. The zero-order valence-corrected chi connectivity index (χ0v) is 9.91. The molecule has 0 amide bonds. The van der Waals surface area contributed by atoms with Crippen LogP contribution < -0.4 is 5.73 Å². The second-order valence-electron chi connectivity index (χ2n) is 3.54. The van der Waals surface area contributed by atoms with Gasteiger partial charge in [0.05, 0.1) is 0 Å². The van der Waals surface area contributed by atoms with E-state index in [9.17, 15) is 9.36 Å². The third-order valence-electron chi connectivity index (χ3n) is 2.38. The molecule has 4 nitrogen and oxygen atoms in total. The Kier molecular flexibility index (Phi) is 4.08. The maximum atomic E-state index is 10.8. The molecular formula is C11H12NO3P. The Morgan fingerprint density at radius 2 is 2.06 bits per heavy atom. The molecule has 1 atom stereocenters. The summed E-state index contributed by atoms with van der Waals surface area (Å²) in [5, 5.41) is 8.83. The molecule has 1 aromatic carbocycles. The van der Waals surface area contributed by atoms with Crippen LogP contribution in [0.25, 0.3) is 0 Å². The zero-order valence-electron chi connectivity index (χ0n) is 9.02. The van der Waals surface area contributed by atoms with Crippen molar-refractivity contribution in [1.82, 2.24) is 0 Å². The summed E-state index contributed by atoms with van der Waals surface area (Å²) >= 11 is 0. The predicted molar refractivity (Wildman–Crippen MR) is 61.1 cm³/mol. The SMILES string of the molecule is Cc1cc(C(N)C(=O)O)c(C)cc1C#P=O. The van der Waals surface area contributed by atoms with Crippen molar-refractivity contribution in [2.75, 3.05) is 0 Å². The number of benzene rings is 1. The van der Waals surface area contributed by atoms with Gasteiger partial charge in [0, 0.05) is 0 Å². The second kappa shape index (κ2) is 5.13. The third kappa shape index (κ3) is 2.61. The minimum atomic E-state index is -1.06. The molecule has 0 aliphatic carbocycles. The quantitative estimate of drug-likeness (QED) is 0.771. The molecule has 0 aliphatic rings. The average molecular weight is 237 g/mol. The van der Waals surface area contributed by atoms with E-state index in [4.69, 9.17) is 10.8 Å². The fourth-order valence-electron chi connectivity index (χ4n) is 1.48. The van der Waals surface area contributed by atoms with E-state index in [1.54, 1.807) is 26.0 Å². The van der Waals surface area contributed by atoms with Crippen LogP contribution in [-0.4, -0.2) is 11.1 Å². The van der Waals surface area contributed by atoms with E-state index in [1.165, 1.54) is 0 Å². The number of aliphatic carboxylic acids is 1. The molecule has 0 saturated heterocycles. The Bertz CT molecular complexity index is 533. The first-order valence-corrected chi connectivity index (χ1v) is 5.46. The molecule has 1 aromatic rings. The number of carboxylic acid groups (broad SMARTS) is 1. The van der Waals surface area contributed by atoms with E-state index < -0.39 is 12.0 Å². The molecular weight excluding hydrogens is 225 g/mol. The molecule has 0 saturated carbocycles. The number of hydrogen-bond acceptors (Lipinski definition) is 3. The summed E-state index contributed by atoms with van der Waals surface area (Å²) in [4.78, 5) is 10.8. The van der Waals surface area contributed by atoms with Gasteiger partial charge in [0.25, 0.3) is 0 Å². The van der Waals surface area contributed by atoms with Crippen molar-refractivity contribution in [3.63, 3.8) is 0 Å². The number of aryl methyl sites for hydroxylation is 2. The molecule has 0 spiro atoms. The van der Waals surface area contributed by atoms with Gasteiger partial charge >= 0.3 is 94.0 Å². The van der Waals surface area contributed by atoms with Gasteiger partial charge in [-0.3, -0.25) is 0 Å². The first-order valence-electron chi connectivity index (χ1n) is 4.65. The van der Waals surface area contributed by atoms with E-state index in [0.717, 1.165) is 11.1 Å². The van der Waals surface area contributed by atoms with Crippen LogP contribution in [0.2, 0.25) is 0 Å². The second-order valence-corrected chi connectivity index (χ2v) is 3.95. The fourth-order valence-corrected chi connectivity index (χ4v) is 1.82. The summed E-state index contributed by atoms with van der Waals surface area (Å²) in [6, 6.07) is 2.40. The van der Waals surface area contributed by atoms with Gasteiger partial charge in [0.1, 0.15) is 0 Å². The monoisotopic (exact) mass is 237 g/mol. The van der Waals surface area contributed by atoms with Crippen molar-refractivity contribution in [3.8, 4) is 5.63 Å². The van der Waals surface area contributed by atoms with Crippen LogP contribution in [0.4, 0.5) is 0 Å². The Balaban J connectivity index is 3.34. The van der Waals surface area contributed by atoms with E-state index in [1.807, 2.05) is 0 Å². The summed E-state index contributed by atoms with van der Waals surface area (Å²) < 4.78 is 10.4. The van der Waals surface area contributed by atoms with Crippen LogP contribution in [0.3, 0.4) is 0 Å². The number of hydrogen-bond donors (Lipinski definition) is 2. The average Bonchev–Trinajstić information content (AvgIpc) is 2.22. The van der Waals surface area contributed by atoms with Gasteiger partial charge in [-0.05, 0) is 0 Å². The first kappa shape index (κ1) is 12.7. The van der Waals surface area contributed by atoms with Crippen LogP contribution >= 0.6 is 7.92 Å². The molecule has 0 radical (unpaired) electrons. The van der Waals surface area contributed by atoms with Crippen molar-refractivity contribution in [1.29, 1.82) is 0 Å². The van der Waals surface area contributed by atoms with Gasteiger partial charge in [-0.1, -0.05) is 0 Å². The van der Waals surface area contributed by atoms with Crippen LogP contribution in [0.15, 0.2) is 12.1 Å². The fraction of sp³-hybridized carbons (Fsp3) is 0.273. The predicted octanol–water partition coefficient (Wildman–Crippen LogP) is 1.99. The molecule has 3 N–H and O–H groups in total.